The Hall–Kier alpha value is -3.66. The molecule has 10 heteroatoms. The number of rotatable bonds is 14. The number of hydrogen-bond donors (Lipinski definition) is 2. The molecule has 284 valence electrons. The van der Waals surface area contributed by atoms with Crippen LogP contribution in [-0.4, -0.2) is 55.8 Å². The lowest BCUT2D eigenvalue weighted by Gasteiger charge is -2.56. The maximum Gasteiger partial charge on any atom is 0.124 e. The Morgan fingerprint density at radius 2 is 2.06 bits per heavy atom. The third-order valence-electron chi connectivity index (χ3n) is 11.9. The summed E-state index contributed by atoms with van der Waals surface area (Å²) in [6.45, 7) is 8.31. The number of alkyl halides is 1. The van der Waals surface area contributed by atoms with Crippen LogP contribution in [0.5, 0.6) is 0 Å². The van der Waals surface area contributed by atoms with E-state index in [1.54, 1.807) is 42.3 Å². The van der Waals surface area contributed by atoms with Gasteiger partial charge in [0.05, 0.1) is 28.1 Å². The molecule has 0 spiro atoms. The number of nitrogens with zero attached hydrogens (tertiary/aromatic N) is 4. The van der Waals surface area contributed by atoms with Crippen LogP contribution in [0, 0.1) is 34.9 Å². The van der Waals surface area contributed by atoms with Crippen molar-refractivity contribution in [2.75, 3.05) is 6.54 Å². The average Bonchev–Trinajstić information content (AvgIpc) is 3.84. The number of aromatic nitrogens is 1. The van der Waals surface area contributed by atoms with Gasteiger partial charge in [-0.05, 0) is 131 Å². The number of amidine groups is 1. The number of fused-ring (bicyclic) bond motifs is 3. The van der Waals surface area contributed by atoms with E-state index in [-0.39, 0.29) is 16.7 Å². The van der Waals surface area contributed by atoms with Crippen molar-refractivity contribution in [3.8, 4) is 0 Å². The van der Waals surface area contributed by atoms with Gasteiger partial charge in [0.15, 0.2) is 0 Å². The summed E-state index contributed by atoms with van der Waals surface area (Å²) in [6, 6.07) is 9.61. The van der Waals surface area contributed by atoms with Crippen molar-refractivity contribution in [2.24, 2.45) is 33.7 Å². The lowest BCUT2D eigenvalue weighted by Crippen LogP contribution is -2.55. The first-order chi connectivity index (χ1) is 26.1. The number of aliphatic hydroxyl groups is 1. The third kappa shape index (κ3) is 8.00. The van der Waals surface area contributed by atoms with Crippen molar-refractivity contribution in [3.63, 3.8) is 0 Å². The fourth-order valence-electron chi connectivity index (χ4n) is 9.37. The fraction of sp³-hybridized carbons (Fsp3) is 0.455. The summed E-state index contributed by atoms with van der Waals surface area (Å²) < 4.78 is 28.0. The molecule has 0 amide bonds. The quantitative estimate of drug-likeness (QED) is 0.187. The van der Waals surface area contributed by atoms with Crippen LogP contribution in [-0.2, 0) is 0 Å². The minimum absolute atomic E-state index is 0.157. The number of pyridine rings is 1. The van der Waals surface area contributed by atoms with E-state index in [0.29, 0.717) is 53.5 Å². The molecule has 4 unspecified atom stereocenters. The molecule has 3 saturated carbocycles. The van der Waals surface area contributed by atoms with E-state index in [0.717, 1.165) is 73.6 Å². The van der Waals surface area contributed by atoms with Crippen LogP contribution in [0.4, 0.5) is 8.78 Å². The second-order valence-electron chi connectivity index (χ2n) is 15.5. The lowest BCUT2D eigenvalue weighted by molar-refractivity contribution is -0.0919. The van der Waals surface area contributed by atoms with Crippen LogP contribution in [0.15, 0.2) is 106 Å². The fourth-order valence-corrected chi connectivity index (χ4v) is 10.6. The Labute approximate surface area is 327 Å². The van der Waals surface area contributed by atoms with Crippen LogP contribution < -0.4 is 0 Å². The van der Waals surface area contributed by atoms with Crippen LogP contribution in [0.1, 0.15) is 88.9 Å². The molecule has 8 rings (SSSR count). The molecule has 1 aromatic heterocycles. The highest BCUT2D eigenvalue weighted by Gasteiger charge is 2.54. The van der Waals surface area contributed by atoms with Gasteiger partial charge in [-0.15, -0.1) is 11.8 Å². The second kappa shape index (κ2) is 16.6. The molecule has 6 nitrogen and oxygen atoms in total. The second-order valence-corrected chi connectivity index (χ2v) is 17.1. The van der Waals surface area contributed by atoms with Gasteiger partial charge in [0, 0.05) is 34.6 Å². The number of halogens is 3. The van der Waals surface area contributed by atoms with Crippen molar-refractivity contribution in [1.29, 1.82) is 5.41 Å². The average molecular weight is 770 g/mol. The highest BCUT2D eigenvalue weighted by atomic mass is 35.5. The summed E-state index contributed by atoms with van der Waals surface area (Å²) in [5, 5.41) is 23.7. The zero-order valence-corrected chi connectivity index (χ0v) is 32.7. The first kappa shape index (κ1) is 38.6. The van der Waals surface area contributed by atoms with E-state index in [1.165, 1.54) is 19.1 Å². The predicted molar refractivity (Wildman–Crippen MR) is 219 cm³/mol. The Balaban J connectivity index is 1.06. The van der Waals surface area contributed by atoms with Gasteiger partial charge < -0.3 is 15.4 Å². The highest BCUT2D eigenvalue weighted by molar-refractivity contribution is 8.03. The Bertz CT molecular complexity index is 1920. The maximum absolute atomic E-state index is 14.2. The zero-order chi connectivity index (χ0) is 38.0. The van der Waals surface area contributed by atoms with E-state index < -0.39 is 23.6 Å². The van der Waals surface area contributed by atoms with Crippen LogP contribution in [0.3, 0.4) is 0 Å². The van der Waals surface area contributed by atoms with Gasteiger partial charge >= 0.3 is 0 Å². The Morgan fingerprint density at radius 3 is 2.72 bits per heavy atom. The minimum atomic E-state index is -1.01. The molecular formula is C44H50ClF2N5OS. The topological polar surface area (TPSA) is 84.9 Å². The first-order valence-corrected chi connectivity index (χ1v) is 20.7. The smallest absolute Gasteiger partial charge is 0.124 e. The van der Waals surface area contributed by atoms with Crippen molar-refractivity contribution < 1.29 is 13.9 Å². The third-order valence-corrected chi connectivity index (χ3v) is 13.3. The van der Waals surface area contributed by atoms with E-state index in [9.17, 15) is 19.3 Å². The lowest BCUT2D eigenvalue weighted by atomic mass is 9.51. The summed E-state index contributed by atoms with van der Waals surface area (Å²) in [6.07, 6.45) is 17.7. The van der Waals surface area contributed by atoms with Crippen molar-refractivity contribution in [3.05, 3.63) is 118 Å². The molecule has 1 aromatic carbocycles. The molecule has 0 radical (unpaired) electrons. The minimum Gasteiger partial charge on any atom is -0.384 e. The van der Waals surface area contributed by atoms with Crippen molar-refractivity contribution >= 4 is 46.3 Å². The van der Waals surface area contributed by atoms with Crippen molar-refractivity contribution in [1.82, 2.24) is 9.88 Å². The van der Waals surface area contributed by atoms with Gasteiger partial charge in [0.1, 0.15) is 29.5 Å². The number of thioether (sulfide) groups is 1. The molecule has 3 aliphatic carbocycles. The van der Waals surface area contributed by atoms with Crippen LogP contribution in [0.2, 0.25) is 5.02 Å². The van der Waals surface area contributed by atoms with E-state index >= 15 is 0 Å². The summed E-state index contributed by atoms with van der Waals surface area (Å²) in [4.78, 5) is 17.0. The molecule has 1 saturated heterocycles. The van der Waals surface area contributed by atoms with Gasteiger partial charge in [-0.2, -0.15) is 0 Å². The molecule has 2 N–H and O–H groups in total. The van der Waals surface area contributed by atoms with Gasteiger partial charge in [-0.1, -0.05) is 55.0 Å². The SMILES string of the molecule is C=CC(=N/C(=C\C)c1ccccn1)C1(O)CC2CC(C1)C2CCCC1CC2=C(C(=N)/C=C\C[C@@H](C)F)[C@H](c3ccc(F)cc3Cl)N=C(C3CC=CS3)N2C1. The summed E-state index contributed by atoms with van der Waals surface area (Å²) in [7, 11) is 0. The van der Waals surface area contributed by atoms with Crippen LogP contribution >= 0.6 is 23.4 Å². The number of aliphatic imine (C=N–C) groups is 2. The van der Waals surface area contributed by atoms with Gasteiger partial charge in [-0.3, -0.25) is 9.98 Å². The summed E-state index contributed by atoms with van der Waals surface area (Å²) in [5.74, 6) is 2.46. The number of benzene rings is 1. The van der Waals surface area contributed by atoms with Gasteiger partial charge in [0.25, 0.3) is 0 Å². The molecule has 6 atom stereocenters. The molecule has 4 fully saturated rings. The van der Waals surface area contributed by atoms with Gasteiger partial charge in [0.2, 0.25) is 0 Å². The Kier molecular flexibility index (Phi) is 11.9. The normalized spacial score (nSPS) is 30.0. The summed E-state index contributed by atoms with van der Waals surface area (Å²) >= 11 is 8.44. The van der Waals surface area contributed by atoms with Crippen molar-refractivity contribution in [2.45, 2.75) is 94.7 Å². The molecule has 6 aliphatic rings. The Morgan fingerprint density at radius 1 is 1.24 bits per heavy atom. The monoisotopic (exact) mass is 769 g/mol. The first-order valence-electron chi connectivity index (χ1n) is 19.3. The van der Waals surface area contributed by atoms with Crippen LogP contribution in [0.25, 0.3) is 5.70 Å². The number of hydrogen-bond acceptors (Lipinski definition) is 7. The van der Waals surface area contributed by atoms with Gasteiger partial charge in [-0.25, -0.2) is 13.8 Å². The summed E-state index contributed by atoms with van der Waals surface area (Å²) in [5.41, 5.74) is 3.98. The molecule has 2 bridgehead atoms. The molecule has 4 heterocycles. The zero-order valence-electron chi connectivity index (χ0n) is 31.1. The molecule has 3 aliphatic heterocycles. The number of allylic oxidation sites excluding steroid dienone is 5. The predicted octanol–water partition coefficient (Wildman–Crippen LogP) is 10.9. The molecular weight excluding hydrogens is 720 g/mol. The van der Waals surface area contributed by atoms with E-state index in [2.05, 4.69) is 27.9 Å². The molecule has 2 aromatic rings. The number of nitrogens with one attached hydrogen (secondary N) is 1. The van der Waals surface area contributed by atoms with E-state index in [1.807, 2.05) is 31.2 Å². The largest absolute Gasteiger partial charge is 0.384 e. The molecule has 54 heavy (non-hydrogen) atoms. The standard InChI is InChI=1S/C44H50ClF2N5OS/c1-4-36(37-15-6-7-19-49-37)50-40(5-2)44(53)24-29-22-30(25-44)32(29)13-9-12-28-21-38-41(35(48)14-8-11-27(3)46)42(33-18-17-31(47)23-34(33)45)51-43(52(38)26-28)39-16-10-20-54-39/h4-8,10,14-15,17-20,23,27-30,32,39,42,48,53H,2,9,11-13,16,21-22,24-26H2,1,3H3/b14-8-,36-4-,48-35?,50-40?/t27-,28?,29?,30?,32?,39?,42+,44?/m1/s1. The highest BCUT2D eigenvalue weighted by Crippen LogP contribution is 2.57. The maximum atomic E-state index is 14.2. The van der Waals surface area contributed by atoms with E-state index in [4.69, 9.17) is 21.6 Å².